The van der Waals surface area contributed by atoms with E-state index < -0.39 is 0 Å². The lowest BCUT2D eigenvalue weighted by atomic mass is 9.87. The Balaban J connectivity index is 2.76. The molecule has 0 aliphatic carbocycles. The molecule has 3 heteroatoms. The maximum Gasteiger partial charge on any atom is 0.0601 e. The monoisotopic (exact) mass is 331 g/mol. The highest BCUT2D eigenvalue weighted by molar-refractivity contribution is 14.2. The van der Waals surface area contributed by atoms with Crippen LogP contribution in [0.4, 0.5) is 0 Å². The third-order valence-electron chi connectivity index (χ3n) is 2.56. The fraction of sp³-hybridized carbons (Fsp3) is 0.333. The lowest BCUT2D eigenvalue weighted by Crippen LogP contribution is -2.09. The van der Waals surface area contributed by atoms with Gasteiger partial charge in [0, 0.05) is 41.9 Å². The van der Waals surface area contributed by atoms with E-state index in [1.807, 2.05) is 0 Å². The summed E-state index contributed by atoms with van der Waals surface area (Å²) in [5, 5.41) is 1.37. The second kappa shape index (κ2) is 4.01. The summed E-state index contributed by atoms with van der Waals surface area (Å²) >= 11 is 2.32. The van der Waals surface area contributed by atoms with Gasteiger partial charge in [-0.2, -0.15) is 0 Å². The van der Waals surface area contributed by atoms with Gasteiger partial charge in [-0.3, -0.25) is 3.97 Å². The van der Waals surface area contributed by atoms with Crippen molar-refractivity contribution in [3.8, 4) is 0 Å². The van der Waals surface area contributed by atoms with Crippen LogP contribution in [0.25, 0.3) is 10.9 Å². The van der Waals surface area contributed by atoms with Crippen LogP contribution in [0.3, 0.4) is 0 Å². The van der Waals surface area contributed by atoms with Crippen molar-refractivity contribution in [1.29, 1.82) is 0 Å². The zero-order valence-corrected chi connectivity index (χ0v) is 12.1. The lowest BCUT2D eigenvalue weighted by molar-refractivity contribution is 0.595. The minimum Gasteiger partial charge on any atom is -0.282 e. The van der Waals surface area contributed by atoms with Crippen LogP contribution in [0.15, 0.2) is 30.5 Å². The molecule has 0 radical (unpaired) electrons. The smallest absolute Gasteiger partial charge is 0.0601 e. The van der Waals surface area contributed by atoms with Crippen molar-refractivity contribution in [2.75, 3.05) is 0 Å². The van der Waals surface area contributed by atoms with Crippen LogP contribution in [0.1, 0.15) is 26.3 Å². The van der Waals surface area contributed by atoms with Gasteiger partial charge in [0.05, 0.1) is 5.52 Å². The summed E-state index contributed by atoms with van der Waals surface area (Å²) in [6.07, 6.45) is 2.25. The van der Waals surface area contributed by atoms with Crippen molar-refractivity contribution >= 4 is 41.2 Å². The molecule has 0 aliphatic rings. The molecule has 1 aromatic carbocycles. The first kappa shape index (κ1) is 11.3. The lowest BCUT2D eigenvalue weighted by Gasteiger charge is -2.17. The van der Waals surface area contributed by atoms with Crippen molar-refractivity contribution in [3.63, 3.8) is 0 Å². The van der Waals surface area contributed by atoms with Crippen molar-refractivity contribution in [2.24, 2.45) is 0 Å². The molecule has 80 valence electrons. The van der Waals surface area contributed by atoms with E-state index in [0.29, 0.717) is 0 Å². The van der Waals surface area contributed by atoms with E-state index in [-0.39, 0.29) is 5.41 Å². The number of rotatable bonds is 1. The van der Waals surface area contributed by atoms with Gasteiger partial charge < -0.3 is 0 Å². The van der Waals surface area contributed by atoms with Crippen LogP contribution in [0, 0.1) is 0 Å². The van der Waals surface area contributed by atoms with Crippen LogP contribution in [0.2, 0.25) is 0 Å². The molecule has 1 nitrogen and oxygen atoms in total. The summed E-state index contributed by atoms with van der Waals surface area (Å²) in [5.41, 5.74) is 2.93. The molecule has 0 spiro atoms. The molecule has 0 aliphatic heterocycles. The topological polar surface area (TPSA) is 4.93 Å². The minimum atomic E-state index is 0.206. The number of hydrogen-bond acceptors (Lipinski definition) is 1. The van der Waals surface area contributed by atoms with Gasteiger partial charge in [-0.15, -0.1) is 0 Å². The molecule has 1 heterocycles. The van der Waals surface area contributed by atoms with Crippen LogP contribution in [0.5, 0.6) is 0 Å². The number of hydrogen-bond donors (Lipinski definition) is 0. The molecule has 2 aromatic rings. The minimum absolute atomic E-state index is 0.206. The maximum atomic E-state index is 2.32. The van der Waals surface area contributed by atoms with Gasteiger partial charge in [0.25, 0.3) is 0 Å². The zero-order chi connectivity index (χ0) is 11.1. The number of fused-ring (bicyclic) bond motifs is 1. The second-order valence-corrected chi connectivity index (χ2v) is 6.42. The third kappa shape index (κ3) is 2.04. The van der Waals surface area contributed by atoms with Gasteiger partial charge in [0.1, 0.15) is 0 Å². The van der Waals surface area contributed by atoms with Crippen LogP contribution in [-0.2, 0) is 5.41 Å². The first-order valence-corrected chi connectivity index (χ1v) is 8.25. The van der Waals surface area contributed by atoms with E-state index in [1.54, 1.807) is 9.12 Å². The quantitative estimate of drug-likeness (QED) is 0.681. The summed E-state index contributed by atoms with van der Waals surface area (Å²) < 4.78 is 2.23. The molecule has 0 unspecified atom stereocenters. The van der Waals surface area contributed by atoms with Crippen LogP contribution in [-0.4, -0.2) is 3.97 Å². The Morgan fingerprint density at radius 3 is 2.47 bits per heavy atom. The largest absolute Gasteiger partial charge is 0.282 e. The van der Waals surface area contributed by atoms with Crippen LogP contribution < -0.4 is 0 Å². The number of nitrogens with zero attached hydrogens (tertiary/aromatic N) is 1. The molecule has 0 saturated heterocycles. The Hall–Kier alpha value is -0.160. The molecule has 0 N–H and O–H groups in total. The molecular formula is C12H14INS. The highest BCUT2D eigenvalue weighted by Crippen LogP contribution is 2.34. The van der Waals surface area contributed by atoms with Gasteiger partial charge >= 0.3 is 0 Å². The summed E-state index contributed by atoms with van der Waals surface area (Å²) in [6.45, 7) is 6.78. The number of aromatic nitrogens is 1. The van der Waals surface area contributed by atoms with E-state index in [0.717, 1.165) is 0 Å². The Bertz CT molecular complexity index is 482. The number of benzene rings is 1. The molecule has 0 bridgehead atoms. The van der Waals surface area contributed by atoms with Crippen LogP contribution >= 0.6 is 30.3 Å². The van der Waals surface area contributed by atoms with Crippen molar-refractivity contribution in [1.82, 2.24) is 3.97 Å². The molecular weight excluding hydrogens is 317 g/mol. The van der Waals surface area contributed by atoms with E-state index in [1.165, 1.54) is 16.5 Å². The normalized spacial score (nSPS) is 12.3. The third-order valence-corrected chi connectivity index (χ3v) is 4.28. The van der Waals surface area contributed by atoms with Crippen molar-refractivity contribution in [3.05, 3.63) is 36.0 Å². The summed E-state index contributed by atoms with van der Waals surface area (Å²) in [4.78, 5) is 0. The summed E-state index contributed by atoms with van der Waals surface area (Å²) in [6, 6.07) is 8.59. The Labute approximate surface area is 107 Å². The predicted octanol–water partition coefficient (Wildman–Crippen LogP) is 4.79. The Morgan fingerprint density at radius 1 is 1.20 bits per heavy atom. The number of para-hydroxylation sites is 1. The van der Waals surface area contributed by atoms with Gasteiger partial charge in [0.15, 0.2) is 0 Å². The average molecular weight is 331 g/mol. The highest BCUT2D eigenvalue weighted by atomic mass is 127. The molecule has 0 fully saturated rings. The van der Waals surface area contributed by atoms with Crippen molar-refractivity contribution < 1.29 is 0 Å². The maximum absolute atomic E-state index is 2.32. The van der Waals surface area contributed by atoms with Gasteiger partial charge in [0.2, 0.25) is 0 Å². The second-order valence-electron chi connectivity index (χ2n) is 4.70. The molecule has 2 rings (SSSR count). The zero-order valence-electron chi connectivity index (χ0n) is 9.12. The fourth-order valence-electron chi connectivity index (χ4n) is 1.80. The van der Waals surface area contributed by atoms with E-state index in [2.05, 4.69) is 76.4 Å². The SMILES string of the molecule is CC(C)(C)c1cn(SI)c2ccccc12. The summed E-state index contributed by atoms with van der Waals surface area (Å²) in [7, 11) is 1.72. The van der Waals surface area contributed by atoms with Crippen molar-refractivity contribution in [2.45, 2.75) is 26.2 Å². The molecule has 0 atom stereocenters. The molecule has 15 heavy (non-hydrogen) atoms. The Kier molecular flexibility index (Phi) is 3.03. The highest BCUT2D eigenvalue weighted by Gasteiger charge is 2.19. The standard InChI is InChI=1S/C12H14INS/c1-12(2,3)10-8-14(15-13)11-7-5-4-6-9(10)11/h4-8H,1-3H3. The molecule has 0 amide bonds. The van der Waals surface area contributed by atoms with Gasteiger partial charge in [-0.1, -0.05) is 39.0 Å². The average Bonchev–Trinajstić information content (AvgIpc) is 2.55. The molecule has 1 aromatic heterocycles. The first-order chi connectivity index (χ1) is 7.04. The van der Waals surface area contributed by atoms with E-state index in [4.69, 9.17) is 0 Å². The predicted molar refractivity (Wildman–Crippen MR) is 77.6 cm³/mol. The number of halogens is 1. The van der Waals surface area contributed by atoms with Gasteiger partial charge in [-0.05, 0) is 17.0 Å². The Morgan fingerprint density at radius 2 is 1.87 bits per heavy atom. The summed E-state index contributed by atoms with van der Waals surface area (Å²) in [5.74, 6) is 0. The van der Waals surface area contributed by atoms with Gasteiger partial charge in [-0.25, -0.2) is 0 Å². The van der Waals surface area contributed by atoms with E-state index >= 15 is 0 Å². The fourth-order valence-corrected chi connectivity index (χ4v) is 3.16. The van der Waals surface area contributed by atoms with E-state index in [9.17, 15) is 0 Å². The first-order valence-electron chi connectivity index (χ1n) is 4.93. The molecule has 0 saturated carbocycles.